The summed E-state index contributed by atoms with van der Waals surface area (Å²) in [4.78, 5) is 32.1. The Morgan fingerprint density at radius 2 is 1.84 bits per heavy atom. The van der Waals surface area contributed by atoms with Crippen LogP contribution in [0.3, 0.4) is 0 Å². The highest BCUT2D eigenvalue weighted by molar-refractivity contribution is 6.10. The number of alkyl halides is 3. The first kappa shape index (κ1) is 31.0. The quantitative estimate of drug-likeness (QED) is 0.285. The first-order valence-corrected chi connectivity index (χ1v) is 15.6. The molecule has 0 radical (unpaired) electrons. The van der Waals surface area contributed by atoms with Crippen molar-refractivity contribution < 1.29 is 22.8 Å². The first-order valence-electron chi connectivity index (χ1n) is 15.6. The van der Waals surface area contributed by atoms with Crippen molar-refractivity contribution in [1.29, 1.82) is 0 Å². The summed E-state index contributed by atoms with van der Waals surface area (Å²) in [5.41, 5.74) is 0.0945. The highest BCUT2D eigenvalue weighted by Crippen LogP contribution is 2.48. The molecule has 2 amide bonds. The van der Waals surface area contributed by atoms with Gasteiger partial charge in [-0.25, -0.2) is 4.98 Å². The molecule has 10 nitrogen and oxygen atoms in total. The van der Waals surface area contributed by atoms with Crippen LogP contribution in [0.4, 0.5) is 24.8 Å². The fraction of sp³-hybridized carbons (Fsp3) is 0.531. The van der Waals surface area contributed by atoms with E-state index in [1.54, 1.807) is 12.4 Å². The highest BCUT2D eigenvalue weighted by Gasteiger charge is 2.43. The Bertz CT molecular complexity index is 1610. The smallest absolute Gasteiger partial charge is 0.361 e. The summed E-state index contributed by atoms with van der Waals surface area (Å²) < 4.78 is 45.1. The highest BCUT2D eigenvalue weighted by atomic mass is 19.4. The lowest BCUT2D eigenvalue weighted by Gasteiger charge is -2.42. The van der Waals surface area contributed by atoms with Crippen LogP contribution in [0.5, 0.6) is 0 Å². The number of anilines is 2. The number of hydrogen-bond acceptors (Lipinski definition) is 7. The molecule has 0 spiro atoms. The van der Waals surface area contributed by atoms with E-state index in [2.05, 4.69) is 38.1 Å². The summed E-state index contributed by atoms with van der Waals surface area (Å²) >= 11 is 0. The van der Waals surface area contributed by atoms with E-state index in [-0.39, 0.29) is 53.4 Å². The van der Waals surface area contributed by atoms with Crippen LogP contribution in [0.15, 0.2) is 30.6 Å². The molecular formula is C32H39F3N8O2. The van der Waals surface area contributed by atoms with Gasteiger partial charge in [0, 0.05) is 43.1 Å². The van der Waals surface area contributed by atoms with Crippen molar-refractivity contribution in [2.75, 3.05) is 23.3 Å². The molecule has 0 atom stereocenters. The zero-order valence-corrected chi connectivity index (χ0v) is 25.9. The second-order valence-corrected chi connectivity index (χ2v) is 12.9. The summed E-state index contributed by atoms with van der Waals surface area (Å²) in [6.07, 6.45) is 3.36. The Morgan fingerprint density at radius 3 is 2.44 bits per heavy atom. The van der Waals surface area contributed by atoms with Crippen LogP contribution in [0.1, 0.15) is 90.8 Å². The minimum absolute atomic E-state index is 0.0400. The number of carbonyl (C=O) groups excluding carboxylic acids is 2. The summed E-state index contributed by atoms with van der Waals surface area (Å²) in [6, 6.07) is 6.43. The van der Waals surface area contributed by atoms with Crippen molar-refractivity contribution in [3.05, 3.63) is 64.2 Å². The number of nitrogens with zero attached hydrogens (tertiary/aromatic N) is 5. The van der Waals surface area contributed by atoms with Crippen molar-refractivity contribution in [3.63, 3.8) is 0 Å². The van der Waals surface area contributed by atoms with Gasteiger partial charge in [0.25, 0.3) is 5.91 Å². The number of aromatic nitrogens is 4. The van der Waals surface area contributed by atoms with Gasteiger partial charge in [-0.05, 0) is 86.9 Å². The topological polar surface area (TPSA) is 117 Å². The molecule has 45 heavy (non-hydrogen) atoms. The molecule has 1 aromatic carbocycles. The Labute approximate surface area is 260 Å². The number of pyridine rings is 1. The largest absolute Gasteiger partial charge is 0.416 e. The van der Waals surface area contributed by atoms with E-state index in [9.17, 15) is 22.8 Å². The number of aryl methyl sites for hydroxylation is 1. The van der Waals surface area contributed by atoms with E-state index in [0.717, 1.165) is 56.0 Å². The first-order chi connectivity index (χ1) is 21.4. The summed E-state index contributed by atoms with van der Waals surface area (Å²) in [7, 11) is 1.88. The molecule has 0 bridgehead atoms. The molecule has 3 heterocycles. The molecule has 1 aliphatic heterocycles. The lowest BCUT2D eigenvalue weighted by molar-refractivity contribution is -0.138. The van der Waals surface area contributed by atoms with Crippen LogP contribution < -0.4 is 20.9 Å². The minimum Gasteiger partial charge on any atom is -0.361 e. The standard InChI is InChI=1S/C32H39F3N8O2/c1-4-36-28(44)17-37-25-13-21(31(9-6-10-31)15-27-41-39-19-42(27)3)14-26(40-25)43-18-23-22(29(43)45)11-20(12-24(23)32(33,34)35)16-38-30(2)7-5-8-30/h11-14,19,38H,4-10,15-18H2,1-3H3,(H,36,44)(H,37,40). The molecule has 3 aliphatic rings. The molecule has 13 heteroatoms. The molecule has 2 aliphatic carbocycles. The third-order valence-corrected chi connectivity index (χ3v) is 9.70. The van der Waals surface area contributed by atoms with E-state index >= 15 is 0 Å². The molecule has 3 aromatic rings. The zero-order chi connectivity index (χ0) is 32.0. The number of fused-ring (bicyclic) bond motifs is 1. The molecule has 6 rings (SSSR count). The molecular weight excluding hydrogens is 585 g/mol. The number of amides is 2. The van der Waals surface area contributed by atoms with Gasteiger partial charge in [-0.1, -0.05) is 6.42 Å². The van der Waals surface area contributed by atoms with Crippen LogP contribution in [0, 0.1) is 0 Å². The lowest BCUT2D eigenvalue weighted by atomic mass is 9.62. The van der Waals surface area contributed by atoms with Crippen LogP contribution in [0.2, 0.25) is 0 Å². The maximum atomic E-state index is 14.4. The van der Waals surface area contributed by atoms with Gasteiger partial charge < -0.3 is 20.5 Å². The molecule has 2 fully saturated rings. The van der Waals surface area contributed by atoms with Gasteiger partial charge in [0.2, 0.25) is 5.91 Å². The SMILES string of the molecule is CCNC(=O)CNc1cc(C2(Cc3nncn3C)CCC2)cc(N2Cc3c(cc(CNC4(C)CCC4)cc3C(F)(F)F)C2=O)n1. The average molecular weight is 625 g/mol. The third-order valence-electron chi connectivity index (χ3n) is 9.70. The Kier molecular flexibility index (Phi) is 8.09. The molecule has 2 aromatic heterocycles. The van der Waals surface area contributed by atoms with Gasteiger partial charge in [0.1, 0.15) is 23.8 Å². The number of halogens is 3. The van der Waals surface area contributed by atoms with Crippen molar-refractivity contribution in [2.45, 2.75) is 89.0 Å². The predicted molar refractivity (Wildman–Crippen MR) is 163 cm³/mol. The second kappa shape index (κ2) is 11.7. The molecule has 0 unspecified atom stereocenters. The van der Waals surface area contributed by atoms with Crippen LogP contribution in [-0.2, 0) is 42.9 Å². The predicted octanol–water partition coefficient (Wildman–Crippen LogP) is 4.63. The summed E-state index contributed by atoms with van der Waals surface area (Å²) in [5, 5.41) is 17.5. The lowest BCUT2D eigenvalue weighted by Crippen LogP contribution is -2.47. The summed E-state index contributed by atoms with van der Waals surface area (Å²) in [6.45, 7) is 4.31. The van der Waals surface area contributed by atoms with Gasteiger partial charge >= 0.3 is 6.18 Å². The molecule has 0 saturated heterocycles. The van der Waals surface area contributed by atoms with E-state index in [4.69, 9.17) is 0 Å². The maximum absolute atomic E-state index is 14.4. The van der Waals surface area contributed by atoms with Crippen molar-refractivity contribution in [1.82, 2.24) is 30.4 Å². The van der Waals surface area contributed by atoms with Gasteiger partial charge in [-0.15, -0.1) is 10.2 Å². The summed E-state index contributed by atoms with van der Waals surface area (Å²) in [5.74, 6) is 0.673. The minimum atomic E-state index is -4.63. The second-order valence-electron chi connectivity index (χ2n) is 12.9. The number of hydrogen-bond donors (Lipinski definition) is 3. The van der Waals surface area contributed by atoms with Crippen LogP contribution >= 0.6 is 0 Å². The molecule has 240 valence electrons. The monoisotopic (exact) mass is 624 g/mol. The van der Waals surface area contributed by atoms with E-state index in [0.29, 0.717) is 24.3 Å². The van der Waals surface area contributed by atoms with Gasteiger partial charge in [0.15, 0.2) is 0 Å². The van der Waals surface area contributed by atoms with E-state index in [1.807, 2.05) is 30.7 Å². The van der Waals surface area contributed by atoms with Crippen LogP contribution in [-0.4, -0.2) is 50.2 Å². The van der Waals surface area contributed by atoms with Crippen LogP contribution in [0.25, 0.3) is 0 Å². The van der Waals surface area contributed by atoms with Crippen molar-refractivity contribution >= 4 is 23.5 Å². The average Bonchev–Trinajstić information content (AvgIpc) is 3.52. The van der Waals surface area contributed by atoms with E-state index in [1.165, 1.54) is 4.90 Å². The number of carbonyl (C=O) groups is 2. The van der Waals surface area contributed by atoms with E-state index < -0.39 is 17.6 Å². The maximum Gasteiger partial charge on any atom is 0.416 e. The van der Waals surface area contributed by atoms with Gasteiger partial charge in [-0.2, -0.15) is 13.2 Å². The molecule has 3 N–H and O–H groups in total. The Hall–Kier alpha value is -4.00. The number of nitrogens with one attached hydrogen (secondary N) is 3. The Morgan fingerprint density at radius 1 is 1.09 bits per heavy atom. The Balaban J connectivity index is 1.36. The van der Waals surface area contributed by atoms with Crippen molar-refractivity contribution in [3.8, 4) is 0 Å². The van der Waals surface area contributed by atoms with Gasteiger partial charge in [-0.3, -0.25) is 14.5 Å². The number of benzene rings is 1. The van der Waals surface area contributed by atoms with Crippen molar-refractivity contribution in [2.24, 2.45) is 7.05 Å². The fourth-order valence-electron chi connectivity index (χ4n) is 6.63. The zero-order valence-electron chi connectivity index (χ0n) is 25.9. The molecule has 2 saturated carbocycles. The van der Waals surface area contributed by atoms with Gasteiger partial charge in [0.05, 0.1) is 18.7 Å². The number of rotatable bonds is 11. The normalized spacial score (nSPS) is 18.3. The third kappa shape index (κ3) is 6.14. The number of likely N-dealkylation sites (N-methyl/N-ethyl adjacent to an activating group) is 1. The fourth-order valence-corrected chi connectivity index (χ4v) is 6.63.